The molecule has 0 spiro atoms. The number of aromatic nitrogens is 1. The second-order valence-corrected chi connectivity index (χ2v) is 6.37. The van der Waals surface area contributed by atoms with Gasteiger partial charge in [-0.3, -0.25) is 4.90 Å². The Morgan fingerprint density at radius 3 is 2.75 bits per heavy atom. The fourth-order valence-electron chi connectivity index (χ4n) is 2.81. The van der Waals surface area contributed by atoms with E-state index in [4.69, 9.17) is 0 Å². The molecule has 0 radical (unpaired) electrons. The molecule has 0 bridgehead atoms. The van der Waals surface area contributed by atoms with Gasteiger partial charge in [-0.1, -0.05) is 42.4 Å². The van der Waals surface area contributed by atoms with E-state index in [1.54, 1.807) is 11.8 Å². The lowest BCUT2D eigenvalue weighted by Crippen LogP contribution is -2.30. The first kappa shape index (κ1) is 13.7. The van der Waals surface area contributed by atoms with Gasteiger partial charge < -0.3 is 0 Å². The van der Waals surface area contributed by atoms with Gasteiger partial charge in [0, 0.05) is 22.7 Å². The Labute approximate surface area is 125 Å². The molecular weight excluding hydrogens is 264 g/mol. The van der Waals surface area contributed by atoms with E-state index >= 15 is 0 Å². The lowest BCUT2D eigenvalue weighted by molar-refractivity contribution is 0.184. The lowest BCUT2D eigenvalue weighted by Gasteiger charge is -2.33. The van der Waals surface area contributed by atoms with Gasteiger partial charge >= 0.3 is 0 Å². The third-order valence-corrected chi connectivity index (χ3v) is 4.93. The van der Waals surface area contributed by atoms with Gasteiger partial charge in [-0.2, -0.15) is 0 Å². The van der Waals surface area contributed by atoms with Crippen molar-refractivity contribution in [1.29, 1.82) is 0 Å². The van der Waals surface area contributed by atoms with Gasteiger partial charge in [0.25, 0.3) is 0 Å². The van der Waals surface area contributed by atoms with E-state index in [0.29, 0.717) is 6.04 Å². The molecule has 1 aromatic carbocycles. The highest BCUT2D eigenvalue weighted by atomic mass is 32.2. The van der Waals surface area contributed by atoms with Crippen molar-refractivity contribution in [2.75, 3.05) is 13.6 Å². The summed E-state index contributed by atoms with van der Waals surface area (Å²) >= 11 is 1.77. The Morgan fingerprint density at radius 2 is 1.95 bits per heavy atom. The van der Waals surface area contributed by atoms with Crippen LogP contribution in [-0.2, 0) is 0 Å². The zero-order chi connectivity index (χ0) is 13.8. The van der Waals surface area contributed by atoms with Crippen molar-refractivity contribution in [2.45, 2.75) is 35.2 Å². The molecule has 3 rings (SSSR count). The molecule has 20 heavy (non-hydrogen) atoms. The van der Waals surface area contributed by atoms with Gasteiger partial charge in [-0.15, -0.1) is 0 Å². The molecule has 2 aromatic rings. The molecule has 1 aromatic heterocycles. The number of hydrogen-bond acceptors (Lipinski definition) is 3. The number of piperidine rings is 1. The van der Waals surface area contributed by atoms with Crippen LogP contribution in [0.4, 0.5) is 0 Å². The zero-order valence-electron chi connectivity index (χ0n) is 11.8. The largest absolute Gasteiger partial charge is 0.299 e. The normalized spacial score (nSPS) is 19.9. The summed E-state index contributed by atoms with van der Waals surface area (Å²) in [6.07, 6.45) is 5.77. The van der Waals surface area contributed by atoms with E-state index in [-0.39, 0.29) is 0 Å². The summed E-state index contributed by atoms with van der Waals surface area (Å²) in [5.74, 6) is 0. The maximum atomic E-state index is 4.62. The van der Waals surface area contributed by atoms with E-state index in [1.165, 1.54) is 36.3 Å². The molecular formula is C17H20N2S. The summed E-state index contributed by atoms with van der Waals surface area (Å²) in [6.45, 7) is 1.19. The van der Waals surface area contributed by atoms with Crippen LogP contribution in [0, 0.1) is 0 Å². The van der Waals surface area contributed by atoms with Gasteiger partial charge in [0.15, 0.2) is 0 Å². The smallest absolute Gasteiger partial charge is 0.105 e. The second kappa shape index (κ2) is 6.42. The molecule has 0 saturated carbocycles. The Kier molecular flexibility index (Phi) is 4.38. The summed E-state index contributed by atoms with van der Waals surface area (Å²) in [4.78, 5) is 8.34. The minimum Gasteiger partial charge on any atom is -0.299 e. The SMILES string of the molecule is CN1CCCCC1c1cccnc1Sc1ccccc1. The molecule has 2 nitrogen and oxygen atoms in total. The van der Waals surface area contributed by atoms with E-state index in [1.807, 2.05) is 6.20 Å². The van der Waals surface area contributed by atoms with Crippen molar-refractivity contribution >= 4 is 11.8 Å². The predicted octanol–water partition coefficient (Wildman–Crippen LogP) is 4.39. The van der Waals surface area contributed by atoms with Crippen molar-refractivity contribution in [3.8, 4) is 0 Å². The maximum Gasteiger partial charge on any atom is 0.105 e. The molecule has 1 atom stereocenters. The molecule has 0 aliphatic carbocycles. The number of hydrogen-bond donors (Lipinski definition) is 0. The van der Waals surface area contributed by atoms with Crippen molar-refractivity contribution < 1.29 is 0 Å². The van der Waals surface area contributed by atoms with E-state index in [9.17, 15) is 0 Å². The lowest BCUT2D eigenvalue weighted by atomic mass is 9.97. The van der Waals surface area contributed by atoms with Gasteiger partial charge in [0.2, 0.25) is 0 Å². The van der Waals surface area contributed by atoms with E-state index in [0.717, 1.165) is 5.03 Å². The molecule has 3 heteroatoms. The van der Waals surface area contributed by atoms with E-state index in [2.05, 4.69) is 59.4 Å². The van der Waals surface area contributed by atoms with Gasteiger partial charge in [-0.05, 0) is 44.6 Å². The quantitative estimate of drug-likeness (QED) is 0.831. The number of nitrogens with zero attached hydrogens (tertiary/aromatic N) is 2. The molecule has 1 saturated heterocycles. The molecule has 1 aliphatic heterocycles. The van der Waals surface area contributed by atoms with Crippen LogP contribution in [-0.4, -0.2) is 23.5 Å². The highest BCUT2D eigenvalue weighted by Gasteiger charge is 2.23. The van der Waals surface area contributed by atoms with Crippen molar-refractivity contribution in [3.63, 3.8) is 0 Å². The Balaban J connectivity index is 1.88. The second-order valence-electron chi connectivity index (χ2n) is 5.31. The first-order valence-corrected chi connectivity index (χ1v) is 8.04. The highest BCUT2D eigenvalue weighted by Crippen LogP contribution is 2.36. The van der Waals surface area contributed by atoms with Crippen LogP contribution in [0.5, 0.6) is 0 Å². The van der Waals surface area contributed by atoms with Gasteiger partial charge in [0.1, 0.15) is 5.03 Å². The fourth-order valence-corrected chi connectivity index (χ4v) is 3.76. The average molecular weight is 284 g/mol. The van der Waals surface area contributed by atoms with Crippen LogP contribution in [0.15, 0.2) is 58.6 Å². The van der Waals surface area contributed by atoms with Crippen LogP contribution in [0.3, 0.4) is 0 Å². The van der Waals surface area contributed by atoms with Crippen molar-refractivity contribution in [1.82, 2.24) is 9.88 Å². The number of pyridine rings is 1. The zero-order valence-corrected chi connectivity index (χ0v) is 12.6. The van der Waals surface area contributed by atoms with Crippen LogP contribution < -0.4 is 0 Å². The molecule has 1 aliphatic rings. The van der Waals surface area contributed by atoms with Gasteiger partial charge in [-0.25, -0.2) is 4.98 Å². The molecule has 2 heterocycles. The Bertz CT molecular complexity index is 556. The summed E-state index contributed by atoms with van der Waals surface area (Å²) in [6, 6.07) is 15.3. The molecule has 0 N–H and O–H groups in total. The minimum absolute atomic E-state index is 0.517. The van der Waals surface area contributed by atoms with Crippen molar-refractivity contribution in [3.05, 3.63) is 54.2 Å². The van der Waals surface area contributed by atoms with E-state index < -0.39 is 0 Å². The Hall–Kier alpha value is -1.32. The average Bonchev–Trinajstić information content (AvgIpc) is 2.50. The minimum atomic E-state index is 0.517. The maximum absolute atomic E-state index is 4.62. The fraction of sp³-hybridized carbons (Fsp3) is 0.353. The Morgan fingerprint density at radius 1 is 1.10 bits per heavy atom. The predicted molar refractivity (Wildman–Crippen MR) is 84.0 cm³/mol. The number of likely N-dealkylation sites (tertiary alicyclic amines) is 1. The number of benzene rings is 1. The highest BCUT2D eigenvalue weighted by molar-refractivity contribution is 7.99. The standard InChI is InChI=1S/C17H20N2S/c1-19-13-6-5-11-16(19)15-10-7-12-18-17(15)20-14-8-3-2-4-9-14/h2-4,7-10,12,16H,5-6,11,13H2,1H3. The summed E-state index contributed by atoms with van der Waals surface area (Å²) in [5, 5.41) is 1.15. The third-order valence-electron chi connectivity index (χ3n) is 3.89. The summed E-state index contributed by atoms with van der Waals surface area (Å²) in [7, 11) is 2.23. The van der Waals surface area contributed by atoms with Crippen LogP contribution in [0.1, 0.15) is 30.9 Å². The molecule has 104 valence electrons. The van der Waals surface area contributed by atoms with Crippen LogP contribution in [0.2, 0.25) is 0 Å². The van der Waals surface area contributed by atoms with Crippen LogP contribution in [0.25, 0.3) is 0 Å². The monoisotopic (exact) mass is 284 g/mol. The first-order chi connectivity index (χ1) is 9.84. The van der Waals surface area contributed by atoms with Crippen molar-refractivity contribution in [2.24, 2.45) is 0 Å². The first-order valence-electron chi connectivity index (χ1n) is 7.22. The summed E-state index contributed by atoms with van der Waals surface area (Å²) < 4.78 is 0. The molecule has 1 fully saturated rings. The molecule has 0 amide bonds. The van der Waals surface area contributed by atoms with Crippen LogP contribution >= 0.6 is 11.8 Å². The summed E-state index contributed by atoms with van der Waals surface area (Å²) in [5.41, 5.74) is 1.38. The number of rotatable bonds is 3. The molecule has 1 unspecified atom stereocenters. The third kappa shape index (κ3) is 3.05. The topological polar surface area (TPSA) is 16.1 Å². The van der Waals surface area contributed by atoms with Gasteiger partial charge in [0.05, 0.1) is 0 Å².